The van der Waals surface area contributed by atoms with Crippen LogP contribution >= 0.6 is 0 Å². The minimum atomic E-state index is -0.180. The van der Waals surface area contributed by atoms with Gasteiger partial charge < -0.3 is 14.2 Å². The fourth-order valence-corrected chi connectivity index (χ4v) is 2.97. The van der Waals surface area contributed by atoms with Crippen molar-refractivity contribution >= 4 is 5.91 Å². The first-order valence-corrected chi connectivity index (χ1v) is 8.31. The van der Waals surface area contributed by atoms with Gasteiger partial charge in [-0.25, -0.2) is 9.97 Å². The standard InChI is InChI=1S/C19H18N4O3/c1-12-7-17(26-22-12)19(24)23-10-14-9-20-18(21-16(14)11-23)8-13-3-5-15(25-2)6-4-13/h3-7,9H,8,10-11H2,1-2H3. The van der Waals surface area contributed by atoms with Crippen molar-refractivity contribution in [3.63, 3.8) is 0 Å². The van der Waals surface area contributed by atoms with E-state index in [1.807, 2.05) is 24.3 Å². The number of aromatic nitrogens is 3. The lowest BCUT2D eigenvalue weighted by Crippen LogP contribution is -2.24. The van der Waals surface area contributed by atoms with Crippen LogP contribution in [0.1, 0.15) is 38.9 Å². The molecule has 1 aliphatic rings. The maximum atomic E-state index is 12.5. The summed E-state index contributed by atoms with van der Waals surface area (Å²) in [6.07, 6.45) is 2.44. The zero-order chi connectivity index (χ0) is 18.1. The van der Waals surface area contributed by atoms with Gasteiger partial charge in [-0.05, 0) is 24.6 Å². The Morgan fingerprint density at radius 1 is 1.27 bits per heavy atom. The number of aryl methyl sites for hydroxylation is 1. The smallest absolute Gasteiger partial charge is 0.293 e. The number of fused-ring (bicyclic) bond motifs is 1. The summed E-state index contributed by atoms with van der Waals surface area (Å²) in [5.41, 5.74) is 3.64. The van der Waals surface area contributed by atoms with Crippen LogP contribution in [0.2, 0.25) is 0 Å². The number of ether oxygens (including phenoxy) is 1. The first-order chi connectivity index (χ1) is 12.6. The Morgan fingerprint density at radius 3 is 2.77 bits per heavy atom. The average Bonchev–Trinajstić information content (AvgIpc) is 3.27. The molecule has 132 valence electrons. The number of benzene rings is 1. The van der Waals surface area contributed by atoms with E-state index in [1.54, 1.807) is 31.2 Å². The summed E-state index contributed by atoms with van der Waals surface area (Å²) in [4.78, 5) is 23.3. The number of carbonyl (C=O) groups excluding carboxylic acids is 1. The summed E-state index contributed by atoms with van der Waals surface area (Å²) in [7, 11) is 1.64. The molecule has 0 saturated heterocycles. The van der Waals surface area contributed by atoms with Crippen molar-refractivity contribution in [2.75, 3.05) is 7.11 Å². The fraction of sp³-hybridized carbons (Fsp3) is 0.263. The molecule has 0 bridgehead atoms. The Hall–Kier alpha value is -3.22. The van der Waals surface area contributed by atoms with E-state index in [0.29, 0.717) is 25.2 Å². The molecule has 1 amide bonds. The van der Waals surface area contributed by atoms with Gasteiger partial charge in [0, 0.05) is 30.8 Å². The maximum Gasteiger partial charge on any atom is 0.293 e. The minimum Gasteiger partial charge on any atom is -0.497 e. The number of hydrogen-bond acceptors (Lipinski definition) is 6. The molecule has 26 heavy (non-hydrogen) atoms. The van der Waals surface area contributed by atoms with Crippen molar-refractivity contribution in [1.82, 2.24) is 20.0 Å². The molecular weight excluding hydrogens is 332 g/mol. The highest BCUT2D eigenvalue weighted by Gasteiger charge is 2.28. The number of carbonyl (C=O) groups is 1. The molecule has 4 rings (SSSR count). The Bertz CT molecular complexity index is 950. The lowest BCUT2D eigenvalue weighted by molar-refractivity contribution is 0.0708. The van der Waals surface area contributed by atoms with Crippen LogP contribution in [0.4, 0.5) is 0 Å². The normalized spacial score (nSPS) is 12.9. The van der Waals surface area contributed by atoms with Gasteiger partial charge in [-0.1, -0.05) is 17.3 Å². The summed E-state index contributed by atoms with van der Waals surface area (Å²) in [5, 5.41) is 3.77. The van der Waals surface area contributed by atoms with Crippen LogP contribution in [0.3, 0.4) is 0 Å². The predicted octanol–water partition coefficient (Wildman–Crippen LogP) is 2.53. The highest BCUT2D eigenvalue weighted by atomic mass is 16.5. The van der Waals surface area contributed by atoms with Gasteiger partial charge >= 0.3 is 0 Å². The van der Waals surface area contributed by atoms with Gasteiger partial charge in [0.15, 0.2) is 0 Å². The van der Waals surface area contributed by atoms with Crippen molar-refractivity contribution in [3.05, 3.63) is 70.6 Å². The second-order valence-corrected chi connectivity index (χ2v) is 6.28. The average molecular weight is 350 g/mol. The molecule has 0 radical (unpaired) electrons. The number of rotatable bonds is 4. The third-order valence-corrected chi connectivity index (χ3v) is 4.35. The number of nitrogens with zero attached hydrogens (tertiary/aromatic N) is 4. The van der Waals surface area contributed by atoms with E-state index in [1.165, 1.54) is 0 Å². The van der Waals surface area contributed by atoms with Crippen molar-refractivity contribution in [1.29, 1.82) is 0 Å². The van der Waals surface area contributed by atoms with Crippen molar-refractivity contribution in [3.8, 4) is 5.75 Å². The Labute approximate surface area is 150 Å². The lowest BCUT2D eigenvalue weighted by Gasteiger charge is -2.11. The summed E-state index contributed by atoms with van der Waals surface area (Å²) >= 11 is 0. The Morgan fingerprint density at radius 2 is 2.08 bits per heavy atom. The first-order valence-electron chi connectivity index (χ1n) is 8.31. The number of amides is 1. The van der Waals surface area contributed by atoms with Gasteiger partial charge in [0.05, 0.1) is 25.0 Å². The van der Waals surface area contributed by atoms with E-state index < -0.39 is 0 Å². The molecule has 0 atom stereocenters. The summed E-state index contributed by atoms with van der Waals surface area (Å²) < 4.78 is 10.2. The van der Waals surface area contributed by atoms with Crippen LogP contribution < -0.4 is 4.74 Å². The van der Waals surface area contributed by atoms with Crippen molar-refractivity contribution in [2.45, 2.75) is 26.4 Å². The third kappa shape index (κ3) is 3.15. The molecule has 3 aromatic rings. The molecule has 0 spiro atoms. The predicted molar refractivity (Wildman–Crippen MR) is 92.6 cm³/mol. The summed E-state index contributed by atoms with van der Waals surface area (Å²) in [5.74, 6) is 1.63. The van der Waals surface area contributed by atoms with Gasteiger partial charge in [-0.3, -0.25) is 4.79 Å². The molecule has 1 aromatic carbocycles. The monoisotopic (exact) mass is 350 g/mol. The zero-order valence-corrected chi connectivity index (χ0v) is 14.6. The molecular formula is C19H18N4O3. The van der Waals surface area contributed by atoms with E-state index in [4.69, 9.17) is 9.26 Å². The molecule has 0 unspecified atom stereocenters. The molecule has 2 aromatic heterocycles. The molecule has 3 heterocycles. The highest BCUT2D eigenvalue weighted by Crippen LogP contribution is 2.23. The lowest BCUT2D eigenvalue weighted by atomic mass is 10.1. The summed E-state index contributed by atoms with van der Waals surface area (Å²) in [6, 6.07) is 9.48. The second kappa shape index (κ2) is 6.59. The van der Waals surface area contributed by atoms with Gasteiger partial charge in [0.2, 0.25) is 5.76 Å². The van der Waals surface area contributed by atoms with E-state index in [9.17, 15) is 4.79 Å². The highest BCUT2D eigenvalue weighted by molar-refractivity contribution is 5.91. The van der Waals surface area contributed by atoms with Crippen LogP contribution in [0.15, 0.2) is 41.1 Å². The van der Waals surface area contributed by atoms with E-state index >= 15 is 0 Å². The van der Waals surface area contributed by atoms with E-state index in [-0.39, 0.29) is 11.7 Å². The van der Waals surface area contributed by atoms with Crippen molar-refractivity contribution < 1.29 is 14.1 Å². The Kier molecular flexibility index (Phi) is 4.12. The molecule has 7 nitrogen and oxygen atoms in total. The molecule has 0 N–H and O–H groups in total. The fourth-order valence-electron chi connectivity index (χ4n) is 2.97. The molecule has 0 saturated carbocycles. The topological polar surface area (TPSA) is 81.4 Å². The maximum absolute atomic E-state index is 12.5. The van der Waals surface area contributed by atoms with Gasteiger partial charge in [-0.15, -0.1) is 0 Å². The van der Waals surface area contributed by atoms with Gasteiger partial charge in [-0.2, -0.15) is 0 Å². The minimum absolute atomic E-state index is 0.180. The SMILES string of the molecule is COc1ccc(Cc2ncc3c(n2)CN(C(=O)c2cc(C)no2)C3)cc1. The van der Waals surface area contributed by atoms with Crippen LogP contribution in [-0.4, -0.2) is 33.0 Å². The summed E-state index contributed by atoms with van der Waals surface area (Å²) in [6.45, 7) is 2.72. The van der Waals surface area contributed by atoms with Crippen LogP contribution in [-0.2, 0) is 19.5 Å². The second-order valence-electron chi connectivity index (χ2n) is 6.28. The molecule has 0 aliphatic carbocycles. The third-order valence-electron chi connectivity index (χ3n) is 4.35. The van der Waals surface area contributed by atoms with Gasteiger partial charge in [0.1, 0.15) is 11.6 Å². The molecule has 1 aliphatic heterocycles. The molecule has 7 heteroatoms. The van der Waals surface area contributed by atoms with Crippen LogP contribution in [0.25, 0.3) is 0 Å². The van der Waals surface area contributed by atoms with E-state index in [2.05, 4.69) is 15.1 Å². The zero-order valence-electron chi connectivity index (χ0n) is 14.6. The number of hydrogen-bond donors (Lipinski definition) is 0. The van der Waals surface area contributed by atoms with Crippen LogP contribution in [0.5, 0.6) is 5.75 Å². The van der Waals surface area contributed by atoms with Crippen LogP contribution in [0, 0.1) is 6.92 Å². The van der Waals surface area contributed by atoms with Gasteiger partial charge in [0.25, 0.3) is 5.91 Å². The largest absolute Gasteiger partial charge is 0.497 e. The Balaban J connectivity index is 1.48. The molecule has 0 fully saturated rings. The number of methoxy groups -OCH3 is 1. The first kappa shape index (κ1) is 16.3. The van der Waals surface area contributed by atoms with E-state index in [0.717, 1.165) is 28.4 Å². The van der Waals surface area contributed by atoms with Crippen molar-refractivity contribution in [2.24, 2.45) is 0 Å². The quantitative estimate of drug-likeness (QED) is 0.719.